The maximum absolute atomic E-state index is 12.8. The molecule has 0 heterocycles. The minimum atomic E-state index is -3.62. The lowest BCUT2D eigenvalue weighted by atomic mass is 10.1. The molecule has 0 fully saturated rings. The summed E-state index contributed by atoms with van der Waals surface area (Å²) in [5.74, 6) is -0.315. The maximum Gasteiger partial charge on any atom is 0.244 e. The van der Waals surface area contributed by atoms with Gasteiger partial charge in [-0.25, -0.2) is 8.42 Å². The largest absolute Gasteiger partial charge is 0.378 e. The third-order valence-corrected chi connectivity index (χ3v) is 5.72. The molecule has 0 aliphatic heterocycles. The Morgan fingerprint density at radius 3 is 2.00 bits per heavy atom. The number of rotatable bonds is 8. The van der Waals surface area contributed by atoms with Crippen LogP contribution in [0.5, 0.6) is 0 Å². The number of sulfonamides is 1. The minimum Gasteiger partial charge on any atom is -0.378 e. The van der Waals surface area contributed by atoms with Gasteiger partial charge in [-0.3, -0.25) is 9.10 Å². The zero-order chi connectivity index (χ0) is 20.9. The number of hydrogen-bond acceptors (Lipinski definition) is 4. The van der Waals surface area contributed by atoms with E-state index in [0.29, 0.717) is 18.7 Å². The van der Waals surface area contributed by atoms with Gasteiger partial charge in [0.05, 0.1) is 11.9 Å². The van der Waals surface area contributed by atoms with Gasteiger partial charge >= 0.3 is 0 Å². The topological polar surface area (TPSA) is 69.7 Å². The van der Waals surface area contributed by atoms with E-state index in [-0.39, 0.29) is 5.91 Å². The first-order chi connectivity index (χ1) is 13.1. The predicted molar refractivity (Wildman–Crippen MR) is 115 cm³/mol. The van der Waals surface area contributed by atoms with Gasteiger partial charge in [0.15, 0.2) is 0 Å². The Morgan fingerprint density at radius 1 is 1.00 bits per heavy atom. The fourth-order valence-corrected chi connectivity index (χ4v) is 4.18. The van der Waals surface area contributed by atoms with Crippen molar-refractivity contribution >= 4 is 27.3 Å². The monoisotopic (exact) mass is 403 g/mol. The molecule has 0 spiro atoms. The van der Waals surface area contributed by atoms with E-state index in [9.17, 15) is 13.2 Å². The van der Waals surface area contributed by atoms with Crippen LogP contribution in [0.4, 0.5) is 11.4 Å². The van der Waals surface area contributed by atoms with Crippen molar-refractivity contribution in [2.75, 3.05) is 29.6 Å². The normalized spacial score (nSPS) is 12.3. The highest BCUT2D eigenvalue weighted by atomic mass is 32.2. The highest BCUT2D eigenvalue weighted by Crippen LogP contribution is 2.23. The molecule has 0 bridgehead atoms. The Balaban J connectivity index is 2.18. The van der Waals surface area contributed by atoms with E-state index in [0.717, 1.165) is 23.1 Å². The second-order valence-corrected chi connectivity index (χ2v) is 8.96. The molecule has 0 radical (unpaired) electrons. The molecule has 28 heavy (non-hydrogen) atoms. The molecule has 1 unspecified atom stereocenters. The van der Waals surface area contributed by atoms with Gasteiger partial charge in [0.2, 0.25) is 15.9 Å². The van der Waals surface area contributed by atoms with Crippen molar-refractivity contribution in [3.63, 3.8) is 0 Å². The summed E-state index contributed by atoms with van der Waals surface area (Å²) in [5, 5.41) is 2.87. The summed E-state index contributed by atoms with van der Waals surface area (Å²) in [4.78, 5) is 14.8. The van der Waals surface area contributed by atoms with Gasteiger partial charge in [0, 0.05) is 26.3 Å². The van der Waals surface area contributed by atoms with Crippen LogP contribution in [-0.4, -0.2) is 40.7 Å². The lowest BCUT2D eigenvalue weighted by molar-refractivity contribution is -0.122. The van der Waals surface area contributed by atoms with Crippen LogP contribution in [-0.2, 0) is 21.4 Å². The van der Waals surface area contributed by atoms with Crippen LogP contribution in [0.2, 0.25) is 0 Å². The Morgan fingerprint density at radius 2 is 1.54 bits per heavy atom. The summed E-state index contributed by atoms with van der Waals surface area (Å²) in [6.45, 7) is 4.08. The zero-order valence-electron chi connectivity index (χ0n) is 17.1. The predicted octanol–water partition coefficient (Wildman–Crippen LogP) is 2.92. The van der Waals surface area contributed by atoms with Crippen molar-refractivity contribution in [2.45, 2.75) is 32.9 Å². The quantitative estimate of drug-likeness (QED) is 0.736. The van der Waals surface area contributed by atoms with Gasteiger partial charge in [-0.1, -0.05) is 36.8 Å². The molecular weight excluding hydrogens is 374 g/mol. The molecule has 2 aromatic carbocycles. The zero-order valence-corrected chi connectivity index (χ0v) is 18.0. The van der Waals surface area contributed by atoms with E-state index in [2.05, 4.69) is 5.32 Å². The van der Waals surface area contributed by atoms with Crippen LogP contribution in [0.15, 0.2) is 48.5 Å². The number of nitrogens with zero attached hydrogens (tertiary/aromatic N) is 2. The molecule has 2 rings (SSSR count). The molecule has 0 aromatic heterocycles. The van der Waals surface area contributed by atoms with E-state index in [1.807, 2.05) is 69.2 Å². The van der Waals surface area contributed by atoms with E-state index in [1.54, 1.807) is 12.1 Å². The van der Waals surface area contributed by atoms with Gasteiger partial charge in [0.1, 0.15) is 6.04 Å². The SMILES string of the molecule is CCC(C(=O)NCc1ccc(N(C)C)cc1)N(c1ccc(C)cc1)S(C)(=O)=O. The Kier molecular flexibility index (Phi) is 7.07. The lowest BCUT2D eigenvalue weighted by Gasteiger charge is -2.30. The van der Waals surface area contributed by atoms with Crippen LogP contribution in [0.1, 0.15) is 24.5 Å². The summed E-state index contributed by atoms with van der Waals surface area (Å²) in [6, 6.07) is 14.2. The Bertz CT molecular complexity index is 891. The Labute approximate surface area is 168 Å². The number of hydrogen-bond donors (Lipinski definition) is 1. The molecule has 1 atom stereocenters. The van der Waals surface area contributed by atoms with Crippen molar-refractivity contribution < 1.29 is 13.2 Å². The van der Waals surface area contributed by atoms with E-state index in [1.165, 1.54) is 4.31 Å². The van der Waals surface area contributed by atoms with Crippen LogP contribution < -0.4 is 14.5 Å². The first-order valence-corrected chi connectivity index (χ1v) is 11.1. The van der Waals surface area contributed by atoms with Crippen LogP contribution in [0.3, 0.4) is 0 Å². The third-order valence-electron chi connectivity index (χ3n) is 4.54. The summed E-state index contributed by atoms with van der Waals surface area (Å²) in [7, 11) is 0.313. The highest BCUT2D eigenvalue weighted by molar-refractivity contribution is 7.92. The number of nitrogens with one attached hydrogen (secondary N) is 1. The van der Waals surface area contributed by atoms with Crippen molar-refractivity contribution in [3.8, 4) is 0 Å². The van der Waals surface area contributed by atoms with Crippen LogP contribution >= 0.6 is 0 Å². The van der Waals surface area contributed by atoms with Gasteiger partial charge in [-0.2, -0.15) is 0 Å². The molecule has 1 N–H and O–H groups in total. The maximum atomic E-state index is 12.8. The van der Waals surface area contributed by atoms with Crippen molar-refractivity contribution in [2.24, 2.45) is 0 Å². The molecule has 6 nitrogen and oxygen atoms in total. The summed E-state index contributed by atoms with van der Waals surface area (Å²) < 4.78 is 26.1. The number of amides is 1. The van der Waals surface area contributed by atoms with Gasteiger partial charge in [-0.05, 0) is 43.2 Å². The molecule has 0 aliphatic carbocycles. The lowest BCUT2D eigenvalue weighted by Crippen LogP contribution is -2.49. The standard InChI is InChI=1S/C21H29N3O3S/c1-6-20(24(28(5,26)27)19-11-7-16(2)8-12-19)21(25)22-15-17-9-13-18(14-10-17)23(3)4/h7-14,20H,6,15H2,1-5H3,(H,22,25). The number of anilines is 2. The number of carbonyl (C=O) groups excluding carboxylic acids is 1. The van der Waals surface area contributed by atoms with E-state index < -0.39 is 16.1 Å². The number of aryl methyl sites for hydroxylation is 1. The van der Waals surface area contributed by atoms with Crippen molar-refractivity contribution in [3.05, 3.63) is 59.7 Å². The van der Waals surface area contributed by atoms with E-state index in [4.69, 9.17) is 0 Å². The summed E-state index contributed by atoms with van der Waals surface area (Å²) in [5.41, 5.74) is 3.54. The van der Waals surface area contributed by atoms with Crippen LogP contribution in [0.25, 0.3) is 0 Å². The van der Waals surface area contributed by atoms with Gasteiger partial charge < -0.3 is 10.2 Å². The fourth-order valence-electron chi connectivity index (χ4n) is 2.97. The molecule has 0 aliphatic rings. The Hall–Kier alpha value is -2.54. The van der Waals surface area contributed by atoms with Crippen molar-refractivity contribution in [1.29, 1.82) is 0 Å². The minimum absolute atomic E-state index is 0.315. The summed E-state index contributed by atoms with van der Waals surface area (Å²) in [6.07, 6.45) is 1.50. The first kappa shape index (κ1) is 21.8. The molecule has 1 amide bonds. The second kappa shape index (κ2) is 9.10. The van der Waals surface area contributed by atoms with Gasteiger partial charge in [0.25, 0.3) is 0 Å². The molecule has 0 saturated carbocycles. The third kappa shape index (κ3) is 5.48. The summed E-state index contributed by atoms with van der Waals surface area (Å²) >= 11 is 0. The smallest absolute Gasteiger partial charge is 0.244 e. The highest BCUT2D eigenvalue weighted by Gasteiger charge is 2.31. The number of carbonyl (C=O) groups is 1. The second-order valence-electron chi connectivity index (χ2n) is 7.10. The molecule has 2 aromatic rings. The van der Waals surface area contributed by atoms with E-state index >= 15 is 0 Å². The fraction of sp³-hybridized carbons (Fsp3) is 0.381. The molecular formula is C21H29N3O3S. The van der Waals surface area contributed by atoms with Crippen LogP contribution in [0, 0.1) is 6.92 Å². The van der Waals surface area contributed by atoms with Gasteiger partial charge in [-0.15, -0.1) is 0 Å². The first-order valence-electron chi connectivity index (χ1n) is 9.23. The molecule has 0 saturated heterocycles. The average Bonchev–Trinajstić information content (AvgIpc) is 2.64. The number of benzene rings is 2. The molecule has 152 valence electrons. The average molecular weight is 404 g/mol. The molecule has 7 heteroatoms. The van der Waals surface area contributed by atoms with Crippen molar-refractivity contribution in [1.82, 2.24) is 5.32 Å².